The summed E-state index contributed by atoms with van der Waals surface area (Å²) in [6, 6.07) is 14.3. The summed E-state index contributed by atoms with van der Waals surface area (Å²) in [6.07, 6.45) is 0.920. The largest absolute Gasteiger partial charge is 0.494 e. The molecule has 178 valence electrons. The van der Waals surface area contributed by atoms with E-state index >= 15 is 0 Å². The van der Waals surface area contributed by atoms with Crippen molar-refractivity contribution >= 4 is 27.5 Å². The molecule has 2 heterocycles. The summed E-state index contributed by atoms with van der Waals surface area (Å²) in [4.78, 5) is 6.41. The van der Waals surface area contributed by atoms with Gasteiger partial charge < -0.3 is 14.1 Å². The SMILES string of the molecule is CCCOc1ccc(-c2nc(C#N)c(N3CCN(S(=O)(=O)c4cccc(Cl)c4C)CC3)o2)cc1. The molecule has 4 rings (SSSR count). The Bertz CT molecular complexity index is 1310. The predicted molar refractivity (Wildman–Crippen MR) is 130 cm³/mol. The van der Waals surface area contributed by atoms with Gasteiger partial charge in [0.25, 0.3) is 0 Å². The first-order chi connectivity index (χ1) is 16.3. The van der Waals surface area contributed by atoms with Crippen LogP contribution < -0.4 is 9.64 Å². The van der Waals surface area contributed by atoms with Gasteiger partial charge >= 0.3 is 0 Å². The van der Waals surface area contributed by atoms with Crippen LogP contribution in [0.1, 0.15) is 24.6 Å². The molecule has 0 spiro atoms. The summed E-state index contributed by atoms with van der Waals surface area (Å²) >= 11 is 6.13. The molecular formula is C24H25ClN4O4S. The van der Waals surface area contributed by atoms with E-state index in [1.165, 1.54) is 4.31 Å². The predicted octanol–water partition coefficient (Wildman–Crippen LogP) is 4.47. The number of nitrogens with zero attached hydrogens (tertiary/aromatic N) is 4. The molecule has 10 heteroatoms. The minimum absolute atomic E-state index is 0.170. The molecule has 34 heavy (non-hydrogen) atoms. The lowest BCUT2D eigenvalue weighted by Crippen LogP contribution is -2.48. The van der Waals surface area contributed by atoms with Gasteiger partial charge in [0.2, 0.25) is 27.5 Å². The molecule has 0 radical (unpaired) electrons. The number of ether oxygens (including phenoxy) is 1. The Balaban J connectivity index is 1.50. The molecule has 0 atom stereocenters. The second-order valence-electron chi connectivity index (χ2n) is 7.91. The standard InChI is InChI=1S/C24H25ClN4O4S/c1-3-15-32-19-9-7-18(8-10-19)23-27-21(16-26)24(33-23)28-11-13-29(14-12-28)34(30,31)22-6-4-5-20(25)17(22)2/h4-10H,3,11-15H2,1-2H3. The van der Waals surface area contributed by atoms with Crippen molar-refractivity contribution in [2.75, 3.05) is 37.7 Å². The van der Waals surface area contributed by atoms with Gasteiger partial charge in [-0.25, -0.2) is 8.42 Å². The number of piperazine rings is 1. The van der Waals surface area contributed by atoms with Crippen LogP contribution in [-0.2, 0) is 10.0 Å². The lowest BCUT2D eigenvalue weighted by atomic mass is 10.2. The highest BCUT2D eigenvalue weighted by Crippen LogP contribution is 2.31. The maximum Gasteiger partial charge on any atom is 0.243 e. The zero-order chi connectivity index (χ0) is 24.3. The monoisotopic (exact) mass is 500 g/mol. The van der Waals surface area contributed by atoms with Crippen LogP contribution in [0.25, 0.3) is 11.5 Å². The van der Waals surface area contributed by atoms with Gasteiger partial charge in [-0.2, -0.15) is 14.6 Å². The van der Waals surface area contributed by atoms with Crippen LogP contribution in [0.2, 0.25) is 5.02 Å². The average Bonchev–Trinajstić information content (AvgIpc) is 3.29. The van der Waals surface area contributed by atoms with Crippen molar-refractivity contribution < 1.29 is 17.6 Å². The first kappa shape index (κ1) is 24.1. The highest BCUT2D eigenvalue weighted by molar-refractivity contribution is 7.89. The first-order valence-corrected chi connectivity index (χ1v) is 12.8. The molecule has 0 aliphatic carbocycles. The fourth-order valence-electron chi connectivity index (χ4n) is 3.77. The van der Waals surface area contributed by atoms with Crippen LogP contribution in [0.3, 0.4) is 0 Å². The summed E-state index contributed by atoms with van der Waals surface area (Å²) in [6.45, 7) is 5.61. The van der Waals surface area contributed by atoms with Crippen LogP contribution in [0.15, 0.2) is 51.8 Å². The van der Waals surface area contributed by atoms with Crippen LogP contribution in [-0.4, -0.2) is 50.5 Å². The molecule has 2 aromatic carbocycles. The van der Waals surface area contributed by atoms with Gasteiger partial charge in [0.05, 0.1) is 11.5 Å². The number of anilines is 1. The first-order valence-electron chi connectivity index (χ1n) is 11.0. The van der Waals surface area contributed by atoms with Crippen molar-refractivity contribution in [1.82, 2.24) is 9.29 Å². The Kier molecular flexibility index (Phi) is 7.12. The van der Waals surface area contributed by atoms with E-state index in [9.17, 15) is 13.7 Å². The highest BCUT2D eigenvalue weighted by Gasteiger charge is 2.32. The third-order valence-corrected chi connectivity index (χ3v) is 8.10. The van der Waals surface area contributed by atoms with Crippen molar-refractivity contribution in [2.24, 2.45) is 0 Å². The second-order valence-corrected chi connectivity index (χ2v) is 10.2. The van der Waals surface area contributed by atoms with E-state index in [-0.39, 0.29) is 23.7 Å². The lowest BCUT2D eigenvalue weighted by molar-refractivity contribution is 0.317. The number of hydrogen-bond donors (Lipinski definition) is 0. The maximum absolute atomic E-state index is 13.2. The van der Waals surface area contributed by atoms with Crippen LogP contribution >= 0.6 is 11.6 Å². The molecule has 0 amide bonds. The summed E-state index contributed by atoms with van der Waals surface area (Å²) < 4.78 is 39.3. The normalized spacial score (nSPS) is 14.7. The molecule has 8 nitrogen and oxygen atoms in total. The number of halogens is 1. The van der Waals surface area contributed by atoms with Gasteiger partial charge in [0, 0.05) is 36.8 Å². The number of oxazole rings is 1. The van der Waals surface area contributed by atoms with E-state index < -0.39 is 10.0 Å². The molecule has 1 saturated heterocycles. The smallest absolute Gasteiger partial charge is 0.243 e. The Morgan fingerprint density at radius 2 is 1.85 bits per heavy atom. The van der Waals surface area contributed by atoms with E-state index in [2.05, 4.69) is 11.1 Å². The van der Waals surface area contributed by atoms with Gasteiger partial charge in [-0.05, 0) is 55.3 Å². The van der Waals surface area contributed by atoms with Crippen LogP contribution in [0, 0.1) is 18.3 Å². The Labute approximate surface area is 204 Å². The fraction of sp³-hybridized carbons (Fsp3) is 0.333. The molecule has 0 N–H and O–H groups in total. The lowest BCUT2D eigenvalue weighted by Gasteiger charge is -2.34. The van der Waals surface area contributed by atoms with Crippen molar-refractivity contribution in [3.63, 3.8) is 0 Å². The van der Waals surface area contributed by atoms with Gasteiger partial charge in [-0.3, -0.25) is 0 Å². The van der Waals surface area contributed by atoms with Crippen molar-refractivity contribution in [2.45, 2.75) is 25.2 Å². The molecule has 1 aromatic heterocycles. The molecule has 0 unspecified atom stereocenters. The molecule has 1 aliphatic rings. The van der Waals surface area contributed by atoms with E-state index in [1.807, 2.05) is 36.1 Å². The van der Waals surface area contributed by atoms with Crippen molar-refractivity contribution in [1.29, 1.82) is 5.26 Å². The zero-order valence-corrected chi connectivity index (χ0v) is 20.6. The van der Waals surface area contributed by atoms with Gasteiger partial charge in [-0.15, -0.1) is 0 Å². The minimum Gasteiger partial charge on any atom is -0.494 e. The average molecular weight is 501 g/mol. The van der Waals surface area contributed by atoms with E-state index in [4.69, 9.17) is 20.8 Å². The van der Waals surface area contributed by atoms with Crippen LogP contribution in [0.5, 0.6) is 5.75 Å². The Morgan fingerprint density at radius 1 is 1.15 bits per heavy atom. The number of aromatic nitrogens is 1. The number of hydrogen-bond acceptors (Lipinski definition) is 7. The number of rotatable bonds is 7. The molecule has 1 aliphatic heterocycles. The third-order valence-electron chi connectivity index (χ3n) is 5.65. The number of nitriles is 1. The molecule has 0 bridgehead atoms. The van der Waals surface area contributed by atoms with E-state index in [0.717, 1.165) is 17.7 Å². The quantitative estimate of drug-likeness (QED) is 0.471. The van der Waals surface area contributed by atoms with Gasteiger partial charge in [-0.1, -0.05) is 24.6 Å². The topological polar surface area (TPSA) is 99.7 Å². The zero-order valence-electron chi connectivity index (χ0n) is 19.0. The molecule has 0 saturated carbocycles. The second kappa shape index (κ2) is 10.1. The Hall–Kier alpha value is -3.06. The fourth-order valence-corrected chi connectivity index (χ4v) is 5.67. The summed E-state index contributed by atoms with van der Waals surface area (Å²) in [5, 5.41) is 10.0. The summed E-state index contributed by atoms with van der Waals surface area (Å²) in [5.74, 6) is 1.43. The van der Waals surface area contributed by atoms with Gasteiger partial charge in [0.1, 0.15) is 11.8 Å². The van der Waals surface area contributed by atoms with Gasteiger partial charge in [0.15, 0.2) is 0 Å². The highest BCUT2D eigenvalue weighted by atomic mass is 35.5. The van der Waals surface area contributed by atoms with Crippen molar-refractivity contribution in [3.8, 4) is 23.3 Å². The minimum atomic E-state index is -3.69. The summed E-state index contributed by atoms with van der Waals surface area (Å²) in [5.41, 5.74) is 1.43. The molecule has 3 aromatic rings. The van der Waals surface area contributed by atoms with Crippen LogP contribution in [0.4, 0.5) is 5.88 Å². The number of benzene rings is 2. The molecular weight excluding hydrogens is 476 g/mol. The Morgan fingerprint density at radius 3 is 2.50 bits per heavy atom. The maximum atomic E-state index is 13.2. The summed E-state index contributed by atoms with van der Waals surface area (Å²) in [7, 11) is -3.69. The number of sulfonamides is 1. The van der Waals surface area contributed by atoms with Crippen molar-refractivity contribution in [3.05, 3.63) is 58.7 Å². The van der Waals surface area contributed by atoms with E-state index in [1.54, 1.807) is 25.1 Å². The van der Waals surface area contributed by atoms with E-state index in [0.29, 0.717) is 42.1 Å². The molecule has 1 fully saturated rings. The third kappa shape index (κ3) is 4.75.